The molecule has 3 heteroatoms. The average molecular weight is 235 g/mol. The number of pyridine rings is 1. The summed E-state index contributed by atoms with van der Waals surface area (Å²) in [5.74, 6) is 0. The van der Waals surface area contributed by atoms with Gasteiger partial charge < -0.3 is 10.2 Å². The van der Waals surface area contributed by atoms with Crippen molar-refractivity contribution in [2.75, 3.05) is 26.2 Å². The fourth-order valence-electron chi connectivity index (χ4n) is 1.91. The van der Waals surface area contributed by atoms with Crippen molar-refractivity contribution >= 4 is 0 Å². The van der Waals surface area contributed by atoms with Crippen LogP contribution in [0.4, 0.5) is 0 Å². The van der Waals surface area contributed by atoms with E-state index in [0.29, 0.717) is 0 Å². The van der Waals surface area contributed by atoms with Crippen LogP contribution in [0.5, 0.6) is 0 Å². The number of nitrogens with one attached hydrogen (secondary N) is 1. The summed E-state index contributed by atoms with van der Waals surface area (Å²) in [6.07, 6.45) is 5.04. The Bertz CT molecular complexity index is 308. The van der Waals surface area contributed by atoms with Crippen LogP contribution in [0.2, 0.25) is 0 Å². The fraction of sp³-hybridized carbons (Fsp3) is 0.643. The maximum Gasteiger partial charge on any atom is 0.0313 e. The van der Waals surface area contributed by atoms with Crippen molar-refractivity contribution in [3.05, 3.63) is 29.6 Å². The lowest BCUT2D eigenvalue weighted by atomic mass is 10.2. The second kappa shape index (κ2) is 8.20. The molecular formula is C14H25N3. The predicted molar refractivity (Wildman–Crippen MR) is 73.1 cm³/mol. The van der Waals surface area contributed by atoms with Crippen molar-refractivity contribution in [2.45, 2.75) is 33.7 Å². The molecule has 0 amide bonds. The average Bonchev–Trinajstić information content (AvgIpc) is 2.34. The van der Waals surface area contributed by atoms with Crippen molar-refractivity contribution in [1.82, 2.24) is 15.2 Å². The van der Waals surface area contributed by atoms with Gasteiger partial charge in [0.1, 0.15) is 0 Å². The third-order valence-electron chi connectivity index (χ3n) is 2.98. The Balaban J connectivity index is 2.12. The van der Waals surface area contributed by atoms with Gasteiger partial charge in [-0.05, 0) is 50.7 Å². The van der Waals surface area contributed by atoms with Gasteiger partial charge in [0, 0.05) is 18.9 Å². The molecule has 0 atom stereocenters. The molecule has 0 fully saturated rings. The smallest absolute Gasteiger partial charge is 0.0313 e. The van der Waals surface area contributed by atoms with E-state index in [-0.39, 0.29) is 0 Å². The van der Waals surface area contributed by atoms with Gasteiger partial charge >= 0.3 is 0 Å². The summed E-state index contributed by atoms with van der Waals surface area (Å²) >= 11 is 0. The molecule has 0 aliphatic carbocycles. The molecule has 1 heterocycles. The Kier molecular flexibility index (Phi) is 6.82. The molecule has 17 heavy (non-hydrogen) atoms. The number of rotatable bonds is 8. The zero-order valence-corrected chi connectivity index (χ0v) is 11.4. The van der Waals surface area contributed by atoms with Crippen molar-refractivity contribution in [1.29, 1.82) is 0 Å². The molecule has 1 aromatic rings. The van der Waals surface area contributed by atoms with Gasteiger partial charge in [-0.15, -0.1) is 0 Å². The van der Waals surface area contributed by atoms with E-state index in [1.54, 1.807) is 0 Å². The molecular weight excluding hydrogens is 210 g/mol. The molecule has 1 rings (SSSR count). The molecule has 1 N–H and O–H groups in total. The fourth-order valence-corrected chi connectivity index (χ4v) is 1.91. The van der Waals surface area contributed by atoms with Crippen LogP contribution in [-0.4, -0.2) is 36.1 Å². The lowest BCUT2D eigenvalue weighted by molar-refractivity contribution is 0.298. The Morgan fingerprint density at radius 2 is 2.00 bits per heavy atom. The van der Waals surface area contributed by atoms with Gasteiger partial charge in [0.25, 0.3) is 0 Å². The minimum atomic E-state index is 0.924. The Labute approximate surface area is 105 Å². The minimum absolute atomic E-state index is 0.924. The van der Waals surface area contributed by atoms with E-state index in [1.165, 1.54) is 24.1 Å². The molecule has 0 saturated carbocycles. The summed E-state index contributed by atoms with van der Waals surface area (Å²) in [6.45, 7) is 12.0. The van der Waals surface area contributed by atoms with E-state index in [4.69, 9.17) is 0 Å². The van der Waals surface area contributed by atoms with E-state index >= 15 is 0 Å². The Morgan fingerprint density at radius 3 is 2.65 bits per heavy atom. The van der Waals surface area contributed by atoms with Gasteiger partial charge in [0.2, 0.25) is 0 Å². The predicted octanol–water partition coefficient (Wildman–Crippen LogP) is 2.21. The normalized spacial score (nSPS) is 11.1. The van der Waals surface area contributed by atoms with Gasteiger partial charge in [-0.1, -0.05) is 19.9 Å². The highest BCUT2D eigenvalue weighted by atomic mass is 15.1. The third-order valence-corrected chi connectivity index (χ3v) is 2.98. The first-order valence-electron chi connectivity index (χ1n) is 6.59. The SMILES string of the molecule is CCN(CC)CCCNCc1cncc(C)c1. The molecule has 0 aliphatic heterocycles. The van der Waals surface area contributed by atoms with Crippen LogP contribution in [-0.2, 0) is 6.54 Å². The summed E-state index contributed by atoms with van der Waals surface area (Å²) in [5, 5.41) is 3.47. The largest absolute Gasteiger partial charge is 0.313 e. The maximum absolute atomic E-state index is 4.19. The van der Waals surface area contributed by atoms with E-state index in [0.717, 1.165) is 26.2 Å². The summed E-state index contributed by atoms with van der Waals surface area (Å²) < 4.78 is 0. The summed E-state index contributed by atoms with van der Waals surface area (Å²) in [4.78, 5) is 6.64. The highest BCUT2D eigenvalue weighted by molar-refractivity contribution is 5.16. The van der Waals surface area contributed by atoms with Crippen LogP contribution in [0.1, 0.15) is 31.4 Å². The monoisotopic (exact) mass is 235 g/mol. The second-order valence-electron chi connectivity index (χ2n) is 4.43. The number of hydrogen-bond acceptors (Lipinski definition) is 3. The van der Waals surface area contributed by atoms with Crippen LogP contribution in [0.15, 0.2) is 18.5 Å². The molecule has 0 aromatic carbocycles. The molecule has 0 bridgehead atoms. The first-order valence-corrected chi connectivity index (χ1v) is 6.59. The molecule has 0 aliphatic rings. The molecule has 96 valence electrons. The molecule has 0 spiro atoms. The highest BCUT2D eigenvalue weighted by Gasteiger charge is 1.98. The topological polar surface area (TPSA) is 28.2 Å². The lowest BCUT2D eigenvalue weighted by Gasteiger charge is -2.17. The molecule has 1 aromatic heterocycles. The van der Waals surface area contributed by atoms with Gasteiger partial charge in [-0.3, -0.25) is 4.98 Å². The second-order valence-corrected chi connectivity index (χ2v) is 4.43. The Morgan fingerprint density at radius 1 is 1.24 bits per heavy atom. The van der Waals surface area contributed by atoms with E-state index in [9.17, 15) is 0 Å². The van der Waals surface area contributed by atoms with Gasteiger partial charge in [-0.2, -0.15) is 0 Å². The zero-order valence-electron chi connectivity index (χ0n) is 11.4. The lowest BCUT2D eigenvalue weighted by Crippen LogP contribution is -2.27. The van der Waals surface area contributed by atoms with Crippen molar-refractivity contribution in [3.8, 4) is 0 Å². The van der Waals surface area contributed by atoms with Gasteiger partial charge in [0.15, 0.2) is 0 Å². The van der Waals surface area contributed by atoms with Crippen LogP contribution in [0.25, 0.3) is 0 Å². The molecule has 3 nitrogen and oxygen atoms in total. The standard InChI is InChI=1S/C14H25N3/c1-4-17(5-2)8-6-7-15-11-14-9-13(3)10-16-12-14/h9-10,12,15H,4-8,11H2,1-3H3. The number of nitrogens with zero attached hydrogens (tertiary/aromatic N) is 2. The summed E-state index contributed by atoms with van der Waals surface area (Å²) in [6, 6.07) is 2.18. The number of hydrogen-bond donors (Lipinski definition) is 1. The summed E-state index contributed by atoms with van der Waals surface area (Å²) in [5.41, 5.74) is 2.50. The van der Waals surface area contributed by atoms with E-state index in [1.807, 2.05) is 12.4 Å². The first kappa shape index (κ1) is 14.1. The maximum atomic E-state index is 4.19. The Hall–Kier alpha value is -0.930. The van der Waals surface area contributed by atoms with Gasteiger partial charge in [-0.25, -0.2) is 0 Å². The van der Waals surface area contributed by atoms with Crippen LogP contribution in [0.3, 0.4) is 0 Å². The van der Waals surface area contributed by atoms with Crippen LogP contribution < -0.4 is 5.32 Å². The van der Waals surface area contributed by atoms with Crippen molar-refractivity contribution in [2.24, 2.45) is 0 Å². The minimum Gasteiger partial charge on any atom is -0.313 e. The van der Waals surface area contributed by atoms with E-state index < -0.39 is 0 Å². The van der Waals surface area contributed by atoms with Crippen molar-refractivity contribution in [3.63, 3.8) is 0 Å². The first-order chi connectivity index (χ1) is 8.26. The summed E-state index contributed by atoms with van der Waals surface area (Å²) in [7, 11) is 0. The van der Waals surface area contributed by atoms with Gasteiger partial charge in [0.05, 0.1) is 0 Å². The third kappa shape index (κ3) is 5.80. The molecule has 0 saturated heterocycles. The molecule has 0 unspecified atom stereocenters. The van der Waals surface area contributed by atoms with E-state index in [2.05, 4.69) is 42.0 Å². The molecule has 0 radical (unpaired) electrons. The zero-order chi connectivity index (χ0) is 12.5. The van der Waals surface area contributed by atoms with Crippen LogP contribution in [0, 0.1) is 6.92 Å². The number of aromatic nitrogens is 1. The quantitative estimate of drug-likeness (QED) is 0.700. The van der Waals surface area contributed by atoms with Crippen molar-refractivity contribution < 1.29 is 0 Å². The highest BCUT2D eigenvalue weighted by Crippen LogP contribution is 2.00. The number of aryl methyl sites for hydroxylation is 1. The van der Waals surface area contributed by atoms with Crippen LogP contribution >= 0.6 is 0 Å².